The van der Waals surface area contributed by atoms with E-state index >= 15 is 4.39 Å². The number of ether oxygens (including phenoxy) is 3. The van der Waals surface area contributed by atoms with Gasteiger partial charge in [-0.05, 0) is 87.3 Å². The van der Waals surface area contributed by atoms with E-state index in [-0.39, 0.29) is 30.4 Å². The summed E-state index contributed by atoms with van der Waals surface area (Å²) in [7, 11) is 1.18. The number of aromatic hydroxyl groups is 1. The normalized spacial score (nSPS) is 15.0. The van der Waals surface area contributed by atoms with Gasteiger partial charge in [0.1, 0.15) is 17.1 Å². The van der Waals surface area contributed by atoms with Gasteiger partial charge in [0.05, 0.1) is 7.11 Å². The fourth-order valence-corrected chi connectivity index (χ4v) is 3.82. The summed E-state index contributed by atoms with van der Waals surface area (Å²) in [6, 6.07) is 13.7. The molecular weight excluding hydrogens is 439 g/mol. The summed E-state index contributed by atoms with van der Waals surface area (Å²) in [4.78, 5) is 24.2. The number of hydrogen-bond donors (Lipinski definition) is 1. The van der Waals surface area contributed by atoms with Crippen LogP contribution in [0, 0.1) is 0 Å². The van der Waals surface area contributed by atoms with Crippen LogP contribution in [0.15, 0.2) is 48.5 Å². The number of phenols is 1. The van der Waals surface area contributed by atoms with E-state index < -0.39 is 23.4 Å². The molecule has 0 saturated carbocycles. The molecule has 0 aliphatic carbocycles. The van der Waals surface area contributed by atoms with Gasteiger partial charge in [0.25, 0.3) is 0 Å². The number of rotatable bonds is 9. The molecule has 2 rings (SSSR count). The van der Waals surface area contributed by atoms with Crippen molar-refractivity contribution in [2.75, 3.05) is 7.11 Å². The first-order chi connectivity index (χ1) is 15.9. The van der Waals surface area contributed by atoms with Crippen molar-refractivity contribution in [3.05, 3.63) is 59.7 Å². The van der Waals surface area contributed by atoms with Crippen LogP contribution in [0.25, 0.3) is 0 Å². The standard InChI is InChI=1S/C27H35FO6/c1-7-27(28,24(30)32-6)17-21(16-18(2)19-8-12-22(29)13-9-19)20-10-14-23(15-11-20)33-25(31)34-26(3,4)5/h8-15,18,21,29H,7,16-17H2,1-6H3. The number of carbonyl (C=O) groups is 2. The maximum Gasteiger partial charge on any atom is 0.514 e. The zero-order valence-electron chi connectivity index (χ0n) is 20.8. The summed E-state index contributed by atoms with van der Waals surface area (Å²) in [6.45, 7) is 8.87. The molecule has 7 heteroatoms. The molecule has 0 radical (unpaired) electrons. The summed E-state index contributed by atoms with van der Waals surface area (Å²) in [6.07, 6.45) is -0.314. The van der Waals surface area contributed by atoms with E-state index in [0.29, 0.717) is 12.2 Å². The maximum absolute atomic E-state index is 15.6. The van der Waals surface area contributed by atoms with Gasteiger partial charge in [-0.1, -0.05) is 38.1 Å². The number of alkyl halides is 1. The minimum atomic E-state index is -2.13. The van der Waals surface area contributed by atoms with Gasteiger partial charge in [0.15, 0.2) is 0 Å². The summed E-state index contributed by atoms with van der Waals surface area (Å²) < 4.78 is 30.7. The largest absolute Gasteiger partial charge is 0.514 e. The lowest BCUT2D eigenvalue weighted by molar-refractivity contribution is -0.155. The lowest BCUT2D eigenvalue weighted by atomic mass is 9.79. The van der Waals surface area contributed by atoms with Gasteiger partial charge in [-0.25, -0.2) is 14.0 Å². The van der Waals surface area contributed by atoms with E-state index in [1.807, 2.05) is 19.1 Å². The molecule has 2 aromatic rings. The second-order valence-electron chi connectivity index (χ2n) is 9.58. The molecule has 186 valence electrons. The minimum Gasteiger partial charge on any atom is -0.508 e. The second kappa shape index (κ2) is 11.4. The van der Waals surface area contributed by atoms with Crippen LogP contribution in [-0.2, 0) is 14.3 Å². The quantitative estimate of drug-likeness (QED) is 0.323. The molecule has 0 fully saturated rings. The predicted molar refractivity (Wildman–Crippen MR) is 128 cm³/mol. The third-order valence-electron chi connectivity index (χ3n) is 5.72. The molecule has 34 heavy (non-hydrogen) atoms. The Bertz CT molecular complexity index is 949. The van der Waals surface area contributed by atoms with Crippen LogP contribution in [0.1, 0.15) is 76.8 Å². The molecule has 0 aromatic heterocycles. The van der Waals surface area contributed by atoms with Gasteiger partial charge in [-0.15, -0.1) is 0 Å². The number of carbonyl (C=O) groups excluding carboxylic acids is 2. The molecule has 6 nitrogen and oxygen atoms in total. The average molecular weight is 475 g/mol. The molecule has 0 saturated heterocycles. The van der Waals surface area contributed by atoms with Crippen molar-refractivity contribution in [3.63, 3.8) is 0 Å². The zero-order chi connectivity index (χ0) is 25.5. The van der Waals surface area contributed by atoms with Crippen LogP contribution >= 0.6 is 0 Å². The van der Waals surface area contributed by atoms with Crippen molar-refractivity contribution in [3.8, 4) is 11.5 Å². The molecule has 0 bridgehead atoms. The van der Waals surface area contributed by atoms with Crippen LogP contribution in [0.5, 0.6) is 11.5 Å². The van der Waals surface area contributed by atoms with Crippen molar-refractivity contribution in [2.45, 2.75) is 77.0 Å². The van der Waals surface area contributed by atoms with E-state index in [9.17, 15) is 14.7 Å². The Morgan fingerprint density at radius 1 is 1.00 bits per heavy atom. The highest BCUT2D eigenvalue weighted by Crippen LogP contribution is 2.39. The Morgan fingerprint density at radius 3 is 2.06 bits per heavy atom. The average Bonchev–Trinajstić information content (AvgIpc) is 2.77. The number of phenolic OH excluding ortho intramolecular Hbond substituents is 1. The Hall–Kier alpha value is -3.09. The number of hydrogen-bond acceptors (Lipinski definition) is 6. The van der Waals surface area contributed by atoms with Crippen LogP contribution in [-0.4, -0.2) is 35.6 Å². The number of benzene rings is 2. The molecule has 2 aromatic carbocycles. The van der Waals surface area contributed by atoms with Crippen LogP contribution in [0.3, 0.4) is 0 Å². The summed E-state index contributed by atoms with van der Waals surface area (Å²) in [5, 5.41) is 9.58. The van der Waals surface area contributed by atoms with Gasteiger partial charge >= 0.3 is 12.1 Å². The molecule has 0 heterocycles. The third kappa shape index (κ3) is 7.75. The van der Waals surface area contributed by atoms with Crippen molar-refractivity contribution >= 4 is 12.1 Å². The zero-order valence-corrected chi connectivity index (χ0v) is 20.8. The van der Waals surface area contributed by atoms with E-state index in [0.717, 1.165) is 11.1 Å². The van der Waals surface area contributed by atoms with Crippen molar-refractivity contribution in [1.29, 1.82) is 0 Å². The topological polar surface area (TPSA) is 82.1 Å². The first kappa shape index (κ1) is 27.2. The van der Waals surface area contributed by atoms with Crippen molar-refractivity contribution < 1.29 is 33.3 Å². The second-order valence-corrected chi connectivity index (χ2v) is 9.58. The Balaban J connectivity index is 2.28. The first-order valence-corrected chi connectivity index (χ1v) is 11.4. The molecule has 0 amide bonds. The highest BCUT2D eigenvalue weighted by atomic mass is 19.1. The highest BCUT2D eigenvalue weighted by molar-refractivity contribution is 5.79. The van der Waals surface area contributed by atoms with Crippen LogP contribution < -0.4 is 4.74 Å². The molecule has 3 unspecified atom stereocenters. The Morgan fingerprint density at radius 2 is 1.56 bits per heavy atom. The van der Waals surface area contributed by atoms with Gasteiger partial charge in [-0.3, -0.25) is 0 Å². The molecule has 0 aliphatic heterocycles. The molecule has 1 N–H and O–H groups in total. The predicted octanol–water partition coefficient (Wildman–Crippen LogP) is 6.66. The molecule has 3 atom stereocenters. The Kier molecular flexibility index (Phi) is 9.07. The third-order valence-corrected chi connectivity index (χ3v) is 5.72. The minimum absolute atomic E-state index is 0.0103. The molecular formula is C27H35FO6. The monoisotopic (exact) mass is 474 g/mol. The number of methoxy groups -OCH3 is 1. The molecule has 0 spiro atoms. The van der Waals surface area contributed by atoms with Crippen LogP contribution in [0.2, 0.25) is 0 Å². The van der Waals surface area contributed by atoms with Crippen molar-refractivity contribution in [2.24, 2.45) is 0 Å². The van der Waals surface area contributed by atoms with E-state index in [1.165, 1.54) is 7.11 Å². The molecule has 0 aliphatic rings. The summed E-state index contributed by atoms with van der Waals surface area (Å²) >= 11 is 0. The summed E-state index contributed by atoms with van der Waals surface area (Å²) in [5.41, 5.74) is -1.00. The highest BCUT2D eigenvalue weighted by Gasteiger charge is 2.41. The van der Waals surface area contributed by atoms with Crippen molar-refractivity contribution in [1.82, 2.24) is 0 Å². The SMILES string of the molecule is CCC(F)(CC(CC(C)c1ccc(O)cc1)c1ccc(OC(=O)OC(C)(C)C)cc1)C(=O)OC. The fourth-order valence-electron chi connectivity index (χ4n) is 3.82. The van der Waals surface area contributed by atoms with E-state index in [4.69, 9.17) is 14.2 Å². The Labute approximate surface area is 201 Å². The maximum atomic E-state index is 15.6. The number of halogens is 1. The number of esters is 1. The lowest BCUT2D eigenvalue weighted by Crippen LogP contribution is -2.36. The lowest BCUT2D eigenvalue weighted by Gasteiger charge is -2.29. The fraction of sp³-hybridized carbons (Fsp3) is 0.481. The van der Waals surface area contributed by atoms with E-state index in [2.05, 4.69) is 0 Å². The first-order valence-electron chi connectivity index (χ1n) is 11.4. The van der Waals surface area contributed by atoms with Crippen LogP contribution in [0.4, 0.5) is 9.18 Å². The van der Waals surface area contributed by atoms with Gasteiger partial charge in [0, 0.05) is 0 Å². The van der Waals surface area contributed by atoms with Gasteiger partial charge < -0.3 is 19.3 Å². The smallest absolute Gasteiger partial charge is 0.508 e. The summed E-state index contributed by atoms with van der Waals surface area (Å²) in [5.74, 6) is -0.696. The van der Waals surface area contributed by atoms with E-state index in [1.54, 1.807) is 64.1 Å². The van der Waals surface area contributed by atoms with Gasteiger partial charge in [-0.2, -0.15) is 0 Å². The van der Waals surface area contributed by atoms with Gasteiger partial charge in [0.2, 0.25) is 5.67 Å².